The quantitative estimate of drug-likeness (QED) is 0.904. The second-order valence-corrected chi connectivity index (χ2v) is 7.33. The van der Waals surface area contributed by atoms with Gasteiger partial charge in [-0.1, -0.05) is 17.7 Å². The summed E-state index contributed by atoms with van der Waals surface area (Å²) in [7, 11) is -3.82. The number of sulfonamides is 1. The van der Waals surface area contributed by atoms with E-state index in [1.807, 2.05) is 6.92 Å². The van der Waals surface area contributed by atoms with Gasteiger partial charge in [0.15, 0.2) is 0 Å². The first-order chi connectivity index (χ1) is 9.72. The van der Waals surface area contributed by atoms with Crippen LogP contribution in [0.5, 0.6) is 0 Å². The van der Waals surface area contributed by atoms with Crippen LogP contribution in [0.3, 0.4) is 0 Å². The fourth-order valence-electron chi connectivity index (χ4n) is 2.02. The average molecular weight is 325 g/mol. The van der Waals surface area contributed by atoms with Gasteiger partial charge in [-0.3, -0.25) is 4.72 Å². The van der Waals surface area contributed by atoms with Gasteiger partial charge in [0.1, 0.15) is 4.88 Å². The number of benzene rings is 1. The van der Waals surface area contributed by atoms with E-state index in [9.17, 15) is 13.2 Å². The van der Waals surface area contributed by atoms with Crippen LogP contribution in [-0.4, -0.2) is 19.5 Å². The van der Waals surface area contributed by atoms with E-state index in [0.29, 0.717) is 11.1 Å². The minimum Gasteiger partial charge on any atom is -0.477 e. The second kappa shape index (κ2) is 5.50. The zero-order chi connectivity index (χ0) is 15.8. The Morgan fingerprint density at radius 3 is 2.43 bits per heavy atom. The largest absolute Gasteiger partial charge is 0.477 e. The van der Waals surface area contributed by atoms with E-state index < -0.39 is 16.0 Å². The van der Waals surface area contributed by atoms with E-state index in [1.54, 1.807) is 31.4 Å². The van der Waals surface area contributed by atoms with Crippen LogP contribution in [0, 0.1) is 20.8 Å². The van der Waals surface area contributed by atoms with Crippen LogP contribution in [-0.2, 0) is 10.0 Å². The van der Waals surface area contributed by atoms with Crippen LogP contribution in [0.4, 0.5) is 5.69 Å². The maximum Gasteiger partial charge on any atom is 0.348 e. The highest BCUT2D eigenvalue weighted by molar-refractivity contribution is 7.92. The summed E-state index contributed by atoms with van der Waals surface area (Å²) >= 11 is 1.00. The van der Waals surface area contributed by atoms with Crippen molar-refractivity contribution in [3.8, 4) is 0 Å². The fourth-order valence-corrected chi connectivity index (χ4v) is 4.30. The van der Waals surface area contributed by atoms with E-state index in [1.165, 1.54) is 6.07 Å². The van der Waals surface area contributed by atoms with Crippen molar-refractivity contribution >= 4 is 33.0 Å². The fraction of sp³-hybridized carbons (Fsp3) is 0.214. The smallest absolute Gasteiger partial charge is 0.348 e. The molecule has 0 fully saturated rings. The SMILES string of the molecule is Cc1ccc(S(=O)(=O)Nc2c(C)csc2C(=O)O)c(C)c1. The highest BCUT2D eigenvalue weighted by Crippen LogP contribution is 2.30. The number of carboxylic acids is 1. The van der Waals surface area contributed by atoms with Gasteiger partial charge < -0.3 is 5.11 Å². The monoisotopic (exact) mass is 325 g/mol. The first kappa shape index (κ1) is 15.5. The number of aromatic carboxylic acids is 1. The van der Waals surface area contributed by atoms with E-state index in [2.05, 4.69) is 4.72 Å². The van der Waals surface area contributed by atoms with Crippen molar-refractivity contribution in [3.05, 3.63) is 45.1 Å². The molecule has 5 nitrogen and oxygen atoms in total. The molecule has 0 spiro atoms. The van der Waals surface area contributed by atoms with Crippen LogP contribution in [0.1, 0.15) is 26.4 Å². The molecule has 2 aromatic rings. The molecule has 2 rings (SSSR count). The van der Waals surface area contributed by atoms with Crippen molar-refractivity contribution < 1.29 is 18.3 Å². The van der Waals surface area contributed by atoms with E-state index in [4.69, 9.17) is 5.11 Å². The summed E-state index contributed by atoms with van der Waals surface area (Å²) in [5.74, 6) is -1.15. The summed E-state index contributed by atoms with van der Waals surface area (Å²) in [4.78, 5) is 11.3. The lowest BCUT2D eigenvalue weighted by molar-refractivity contribution is 0.0703. The van der Waals surface area contributed by atoms with Gasteiger partial charge in [0, 0.05) is 0 Å². The number of rotatable bonds is 4. The van der Waals surface area contributed by atoms with Crippen molar-refractivity contribution in [3.63, 3.8) is 0 Å². The maximum atomic E-state index is 12.5. The number of hydrogen-bond acceptors (Lipinski definition) is 4. The Morgan fingerprint density at radius 2 is 1.86 bits per heavy atom. The Labute approximate surface area is 127 Å². The summed E-state index contributed by atoms with van der Waals surface area (Å²) in [6.45, 7) is 5.26. The predicted octanol–water partition coefficient (Wildman–Crippen LogP) is 3.17. The van der Waals surface area contributed by atoms with Crippen molar-refractivity contribution in [2.75, 3.05) is 4.72 Å². The van der Waals surface area contributed by atoms with Gasteiger partial charge in [0.05, 0.1) is 10.6 Å². The molecule has 1 aromatic heterocycles. The maximum absolute atomic E-state index is 12.5. The van der Waals surface area contributed by atoms with Gasteiger partial charge in [-0.15, -0.1) is 11.3 Å². The number of hydrogen-bond donors (Lipinski definition) is 2. The molecule has 112 valence electrons. The molecule has 0 saturated carbocycles. The Hall–Kier alpha value is -1.86. The molecule has 7 heteroatoms. The molecular weight excluding hydrogens is 310 g/mol. The van der Waals surface area contributed by atoms with Gasteiger partial charge in [0.2, 0.25) is 0 Å². The molecular formula is C14H15NO4S2. The van der Waals surface area contributed by atoms with E-state index >= 15 is 0 Å². The summed E-state index contributed by atoms with van der Waals surface area (Å²) in [6, 6.07) is 5.00. The summed E-state index contributed by atoms with van der Waals surface area (Å²) in [5, 5.41) is 10.7. The molecule has 0 radical (unpaired) electrons. The first-order valence-electron chi connectivity index (χ1n) is 6.14. The number of aryl methyl sites for hydroxylation is 3. The second-order valence-electron chi connectivity index (χ2n) is 4.80. The standard InChI is InChI=1S/C14H15NO4S2/c1-8-4-5-11(9(2)6-8)21(18,19)15-12-10(3)7-20-13(12)14(16)17/h4-7,15H,1-3H3,(H,16,17). The third-order valence-electron chi connectivity index (χ3n) is 3.03. The molecule has 0 aliphatic heterocycles. The highest BCUT2D eigenvalue weighted by Gasteiger charge is 2.23. The summed E-state index contributed by atoms with van der Waals surface area (Å²) in [5.41, 5.74) is 2.30. The predicted molar refractivity (Wildman–Crippen MR) is 82.7 cm³/mol. The van der Waals surface area contributed by atoms with Crippen molar-refractivity contribution in [1.29, 1.82) is 0 Å². The normalized spacial score (nSPS) is 11.4. The minimum absolute atomic E-state index is 0.0131. The molecule has 0 bridgehead atoms. The molecule has 0 aliphatic carbocycles. The van der Waals surface area contributed by atoms with Crippen LogP contribution in [0.25, 0.3) is 0 Å². The highest BCUT2D eigenvalue weighted by atomic mass is 32.2. The van der Waals surface area contributed by atoms with Crippen molar-refractivity contribution in [2.24, 2.45) is 0 Å². The number of thiophene rings is 1. The molecule has 1 heterocycles. The zero-order valence-electron chi connectivity index (χ0n) is 11.8. The van der Waals surface area contributed by atoms with Crippen LogP contribution < -0.4 is 4.72 Å². The third-order valence-corrected chi connectivity index (χ3v) is 5.62. The lowest BCUT2D eigenvalue weighted by Gasteiger charge is -2.11. The van der Waals surface area contributed by atoms with Crippen LogP contribution >= 0.6 is 11.3 Å². The Kier molecular flexibility index (Phi) is 4.06. The van der Waals surface area contributed by atoms with Crippen LogP contribution in [0.15, 0.2) is 28.5 Å². The van der Waals surface area contributed by atoms with E-state index in [-0.39, 0.29) is 15.5 Å². The lowest BCUT2D eigenvalue weighted by Crippen LogP contribution is -2.16. The molecule has 0 saturated heterocycles. The van der Waals surface area contributed by atoms with E-state index in [0.717, 1.165) is 16.9 Å². The number of nitrogens with one attached hydrogen (secondary N) is 1. The third kappa shape index (κ3) is 3.08. The number of carboxylic acid groups (broad SMARTS) is 1. The average Bonchev–Trinajstić information content (AvgIpc) is 2.70. The van der Waals surface area contributed by atoms with Gasteiger partial charge in [-0.2, -0.15) is 0 Å². The number of anilines is 1. The molecule has 0 amide bonds. The molecule has 0 unspecified atom stereocenters. The van der Waals surface area contributed by atoms with Gasteiger partial charge in [-0.25, -0.2) is 13.2 Å². The van der Waals surface area contributed by atoms with Crippen LogP contribution in [0.2, 0.25) is 0 Å². The minimum atomic E-state index is -3.82. The Bertz CT molecular complexity index is 806. The molecule has 21 heavy (non-hydrogen) atoms. The summed E-state index contributed by atoms with van der Waals surface area (Å²) < 4.78 is 27.3. The first-order valence-corrected chi connectivity index (χ1v) is 8.50. The molecule has 0 aliphatic rings. The van der Waals surface area contributed by atoms with Gasteiger partial charge >= 0.3 is 5.97 Å². The van der Waals surface area contributed by atoms with Crippen molar-refractivity contribution in [2.45, 2.75) is 25.7 Å². The van der Waals surface area contributed by atoms with Gasteiger partial charge in [-0.05, 0) is 43.3 Å². The Morgan fingerprint density at radius 1 is 1.19 bits per heavy atom. The topological polar surface area (TPSA) is 83.5 Å². The lowest BCUT2D eigenvalue weighted by atomic mass is 10.2. The van der Waals surface area contributed by atoms with Gasteiger partial charge in [0.25, 0.3) is 10.0 Å². The Balaban J connectivity index is 2.47. The summed E-state index contributed by atoms with van der Waals surface area (Å²) in [6.07, 6.45) is 0. The zero-order valence-corrected chi connectivity index (χ0v) is 13.4. The molecule has 0 atom stereocenters. The molecule has 2 N–H and O–H groups in total. The van der Waals surface area contributed by atoms with Crippen molar-refractivity contribution in [1.82, 2.24) is 0 Å². The number of carbonyl (C=O) groups is 1. The molecule has 1 aromatic carbocycles.